The van der Waals surface area contributed by atoms with E-state index in [9.17, 15) is 25.2 Å². The summed E-state index contributed by atoms with van der Waals surface area (Å²) in [6.45, 7) is 0. The molecular formula is C23H19N3O6. The van der Waals surface area contributed by atoms with Gasteiger partial charge >= 0.3 is 5.97 Å². The van der Waals surface area contributed by atoms with Crippen molar-refractivity contribution in [2.45, 2.75) is 30.3 Å². The number of aliphatic hydroxyl groups is 2. The van der Waals surface area contributed by atoms with Crippen LogP contribution in [0.5, 0.6) is 5.75 Å². The summed E-state index contributed by atoms with van der Waals surface area (Å²) in [4.78, 5) is 24.3. The summed E-state index contributed by atoms with van der Waals surface area (Å²) in [5.74, 6) is -5.65. The maximum atomic E-state index is 12.2. The molecule has 1 fully saturated rings. The molecule has 9 nitrogen and oxygen atoms in total. The summed E-state index contributed by atoms with van der Waals surface area (Å²) in [6.07, 6.45) is -0.390. The van der Waals surface area contributed by atoms with Crippen molar-refractivity contribution in [2.24, 2.45) is 5.92 Å². The van der Waals surface area contributed by atoms with Crippen molar-refractivity contribution in [2.75, 3.05) is 0 Å². The number of hydrogen-bond acceptors (Lipinski definition) is 7. The van der Waals surface area contributed by atoms with Gasteiger partial charge in [-0.1, -0.05) is 24.3 Å². The fourth-order valence-corrected chi connectivity index (χ4v) is 5.23. The molecule has 1 saturated heterocycles. The van der Waals surface area contributed by atoms with Crippen LogP contribution in [-0.2, 0) is 16.0 Å². The molecule has 0 saturated carbocycles. The predicted molar refractivity (Wildman–Crippen MR) is 112 cm³/mol. The Morgan fingerprint density at radius 2 is 1.97 bits per heavy atom. The van der Waals surface area contributed by atoms with Gasteiger partial charge in [0.15, 0.2) is 0 Å². The molecule has 6 rings (SSSR count). The summed E-state index contributed by atoms with van der Waals surface area (Å²) in [6, 6.07) is 12.2. The quantitative estimate of drug-likeness (QED) is 0.322. The van der Waals surface area contributed by atoms with Crippen molar-refractivity contribution in [3.63, 3.8) is 0 Å². The van der Waals surface area contributed by atoms with Gasteiger partial charge in [-0.15, -0.1) is 0 Å². The molecule has 9 heteroatoms. The number of aliphatic hydroxyl groups excluding tert-OH is 1. The number of nitrogens with one attached hydrogen (secondary N) is 1. The Morgan fingerprint density at radius 1 is 1.16 bits per heavy atom. The molecule has 3 heterocycles. The van der Waals surface area contributed by atoms with Crippen LogP contribution in [0.15, 0.2) is 48.7 Å². The largest absolute Gasteiger partial charge is 0.506 e. The molecule has 0 bridgehead atoms. The van der Waals surface area contributed by atoms with Crippen LogP contribution < -0.4 is 0 Å². The number of fused-ring (bicyclic) bond motifs is 4. The zero-order chi connectivity index (χ0) is 22.2. The number of aromatic nitrogens is 3. The van der Waals surface area contributed by atoms with Gasteiger partial charge in [0.05, 0.1) is 28.9 Å². The van der Waals surface area contributed by atoms with E-state index in [1.165, 1.54) is 6.07 Å². The van der Waals surface area contributed by atoms with Crippen molar-refractivity contribution in [1.82, 2.24) is 15.0 Å². The fourth-order valence-electron chi connectivity index (χ4n) is 5.23. The first-order valence-corrected chi connectivity index (χ1v) is 10.2. The molecule has 1 aliphatic heterocycles. The van der Waals surface area contributed by atoms with E-state index in [0.29, 0.717) is 22.3 Å². The highest BCUT2D eigenvalue weighted by Gasteiger charge is 2.63. The number of aromatic hydroxyl groups is 1. The average Bonchev–Trinajstić information content (AvgIpc) is 3.32. The van der Waals surface area contributed by atoms with Crippen LogP contribution in [0.1, 0.15) is 29.0 Å². The lowest BCUT2D eigenvalue weighted by molar-refractivity contribution is -0.229. The third-order valence-corrected chi connectivity index (χ3v) is 6.65. The van der Waals surface area contributed by atoms with Gasteiger partial charge in [-0.3, -0.25) is 0 Å². The van der Waals surface area contributed by atoms with E-state index in [1.54, 1.807) is 18.3 Å². The first-order valence-electron chi connectivity index (χ1n) is 10.2. The highest BCUT2D eigenvalue weighted by atomic mass is 16.7. The first kappa shape index (κ1) is 19.2. The zero-order valence-corrected chi connectivity index (χ0v) is 16.6. The summed E-state index contributed by atoms with van der Waals surface area (Å²) in [7, 11) is 0. The lowest BCUT2D eigenvalue weighted by Crippen LogP contribution is -2.43. The molecule has 0 radical (unpaired) electrons. The first-order chi connectivity index (χ1) is 15.4. The second kappa shape index (κ2) is 6.49. The number of aromatic amines is 1. The van der Waals surface area contributed by atoms with Crippen LogP contribution in [0.3, 0.4) is 0 Å². The Hall–Kier alpha value is -3.53. The minimum absolute atomic E-state index is 0.0349. The van der Waals surface area contributed by atoms with Gasteiger partial charge in [-0.05, 0) is 30.2 Å². The van der Waals surface area contributed by atoms with Crippen molar-refractivity contribution in [1.29, 1.82) is 0 Å². The van der Waals surface area contributed by atoms with Gasteiger partial charge in [-0.2, -0.15) is 0 Å². The number of phenolic OH excluding ortho intramolecular Hbond substituents is 1. The molecule has 2 aliphatic rings. The van der Waals surface area contributed by atoms with Gasteiger partial charge in [0.1, 0.15) is 17.4 Å². The number of nitrogens with zero attached hydrogens (tertiary/aromatic N) is 2. The monoisotopic (exact) mass is 433 g/mol. The third kappa shape index (κ3) is 2.46. The minimum atomic E-state index is -2.54. The van der Waals surface area contributed by atoms with Gasteiger partial charge in [0, 0.05) is 23.0 Å². The molecular weight excluding hydrogens is 414 g/mol. The number of aliphatic carboxylic acids is 1. The van der Waals surface area contributed by atoms with E-state index in [4.69, 9.17) is 4.74 Å². The number of ether oxygens (including phenoxy) is 1. The molecule has 5 N–H and O–H groups in total. The molecule has 162 valence electrons. The number of carbonyl (C=O) groups is 1. The second-order valence-corrected chi connectivity index (χ2v) is 8.36. The predicted octanol–water partition coefficient (Wildman–Crippen LogP) is 1.98. The number of para-hydroxylation sites is 2. The van der Waals surface area contributed by atoms with Gasteiger partial charge in [0.25, 0.3) is 5.79 Å². The van der Waals surface area contributed by atoms with Crippen LogP contribution >= 0.6 is 0 Å². The molecule has 2 aromatic carbocycles. The van der Waals surface area contributed by atoms with Crippen LogP contribution in [-0.4, -0.2) is 53.2 Å². The Labute approximate surface area is 180 Å². The fraction of sp³-hybridized carbons (Fsp3) is 0.261. The number of benzene rings is 2. The Bertz CT molecular complexity index is 1400. The number of rotatable bonds is 2. The molecule has 4 aromatic rings. The maximum Gasteiger partial charge on any atom is 0.364 e. The van der Waals surface area contributed by atoms with E-state index >= 15 is 0 Å². The number of phenols is 1. The van der Waals surface area contributed by atoms with E-state index in [-0.39, 0.29) is 17.9 Å². The van der Waals surface area contributed by atoms with E-state index in [0.717, 1.165) is 10.9 Å². The van der Waals surface area contributed by atoms with E-state index in [1.807, 2.05) is 24.3 Å². The summed E-state index contributed by atoms with van der Waals surface area (Å²) in [5.41, 5.74) is 2.79. The number of hydrogen-bond donors (Lipinski definition) is 5. The Kier molecular flexibility index (Phi) is 3.89. The highest BCUT2D eigenvalue weighted by molar-refractivity contribution is 5.86. The summed E-state index contributed by atoms with van der Waals surface area (Å²) < 4.78 is 5.68. The van der Waals surface area contributed by atoms with Crippen molar-refractivity contribution in [3.05, 3.63) is 65.6 Å². The van der Waals surface area contributed by atoms with Gasteiger partial charge < -0.3 is 30.1 Å². The van der Waals surface area contributed by atoms with Gasteiger partial charge in [-0.25, -0.2) is 14.8 Å². The highest BCUT2D eigenvalue weighted by Crippen LogP contribution is 2.54. The second-order valence-electron chi connectivity index (χ2n) is 8.36. The van der Waals surface area contributed by atoms with Gasteiger partial charge in [0.2, 0.25) is 0 Å². The van der Waals surface area contributed by atoms with Crippen molar-refractivity contribution >= 4 is 27.9 Å². The Morgan fingerprint density at radius 3 is 2.78 bits per heavy atom. The maximum absolute atomic E-state index is 12.2. The molecule has 0 amide bonds. The molecule has 32 heavy (non-hydrogen) atoms. The van der Waals surface area contributed by atoms with E-state index < -0.39 is 35.8 Å². The number of H-pyrrole nitrogens is 1. The lowest BCUT2D eigenvalue weighted by Gasteiger charge is -2.31. The molecule has 5 atom stereocenters. The van der Waals surface area contributed by atoms with E-state index in [2.05, 4.69) is 15.0 Å². The van der Waals surface area contributed by atoms with Crippen molar-refractivity contribution < 1.29 is 30.0 Å². The number of carboxylic acids is 1. The van der Waals surface area contributed by atoms with Crippen LogP contribution in [0.25, 0.3) is 21.9 Å². The van der Waals surface area contributed by atoms with Crippen LogP contribution in [0, 0.1) is 5.92 Å². The van der Waals surface area contributed by atoms with Crippen molar-refractivity contribution in [3.8, 4) is 5.75 Å². The molecule has 1 aliphatic carbocycles. The number of carboxylic acid groups (broad SMARTS) is 1. The van der Waals surface area contributed by atoms with Crippen LogP contribution in [0.2, 0.25) is 0 Å². The topological polar surface area (TPSA) is 149 Å². The zero-order valence-electron chi connectivity index (χ0n) is 16.6. The SMILES string of the molecule is O=C(O)[C@]1(O)O[C@@H]2[C@@H](Cc3nc4c(O)cccc4nc3[C@@H]2O)[C@H]1c1c[nH]c2ccccc12. The molecule has 2 aromatic heterocycles. The summed E-state index contributed by atoms with van der Waals surface area (Å²) >= 11 is 0. The minimum Gasteiger partial charge on any atom is -0.506 e. The smallest absolute Gasteiger partial charge is 0.364 e. The molecule has 0 unspecified atom stereocenters. The van der Waals surface area contributed by atoms with Crippen LogP contribution in [0.4, 0.5) is 0 Å². The standard InChI is InChI=1S/C23H19N3O6/c27-16-7-3-6-14-18(16)26-15-8-11-17(12-9-24-13-5-2-1-4-10(12)13)23(31,22(29)30)32-21(11)20(28)19(15)25-14/h1-7,9,11,17,20-21,24,27-28,31H,8H2,(H,29,30)/t11-,17-,20-,21+,23+/m0/s1. The Balaban J connectivity index is 1.54. The summed E-state index contributed by atoms with van der Waals surface area (Å²) in [5, 5.41) is 43.2. The normalized spacial score (nSPS) is 29.2. The lowest BCUT2D eigenvalue weighted by atomic mass is 9.73. The third-order valence-electron chi connectivity index (χ3n) is 6.65. The molecule has 0 spiro atoms. The average molecular weight is 433 g/mol.